The molecule has 3 fully saturated rings. The molecule has 0 aromatic heterocycles. The van der Waals surface area contributed by atoms with Crippen LogP contribution in [0.4, 0.5) is 22.0 Å². The number of ether oxygens (including phenoxy) is 3. The smallest absolute Gasteiger partial charge is 0.400 e. The Hall–Kier alpha value is -2.19. The summed E-state index contributed by atoms with van der Waals surface area (Å²) in [6.45, 7) is 2.83. The van der Waals surface area contributed by atoms with E-state index < -0.39 is 30.3 Å². The van der Waals surface area contributed by atoms with Crippen LogP contribution in [0.5, 0.6) is 5.75 Å². The fourth-order valence-electron chi connectivity index (χ4n) is 7.35. The molecule has 2 aliphatic carbocycles. The van der Waals surface area contributed by atoms with Crippen LogP contribution in [0.1, 0.15) is 89.5 Å². The van der Waals surface area contributed by atoms with Gasteiger partial charge in [-0.3, -0.25) is 0 Å². The monoisotopic (exact) mass is 608 g/mol. The zero-order chi connectivity index (χ0) is 30.4. The third-order valence-electron chi connectivity index (χ3n) is 10.0. The van der Waals surface area contributed by atoms with Gasteiger partial charge < -0.3 is 14.2 Å². The largest absolute Gasteiger partial charge is 0.432 e. The summed E-state index contributed by atoms with van der Waals surface area (Å²) in [6, 6.07) is 7.14. The predicted octanol–water partition coefficient (Wildman–Crippen LogP) is 10.3. The van der Waals surface area contributed by atoms with Crippen LogP contribution in [0.3, 0.4) is 0 Å². The van der Waals surface area contributed by atoms with Gasteiger partial charge in [-0.1, -0.05) is 38.3 Å². The molecule has 0 spiro atoms. The number of hydrogen-bond acceptors (Lipinski definition) is 3. The highest BCUT2D eigenvalue weighted by atomic mass is 19.3. The lowest BCUT2D eigenvalue weighted by molar-refractivity contribution is -0.232. The summed E-state index contributed by atoms with van der Waals surface area (Å²) in [5.74, 6) is -0.890. The standard InChI is InChI=1S/C35H45F5O3/c1-2-3-4-5-23-21-41-34(42-22-23)26-8-6-24(7-9-26)25-12-14-29(15-13-25)35(39,40)43-30-16-17-31(33(38)19-30)27-10-11-28(20-36)32(37)18-27/h10-11,16-19,23-26,29,34H,2-9,12-15,20-22H2,1H3. The average Bonchev–Trinajstić information content (AvgIpc) is 3.01. The maximum atomic E-state index is 15.2. The second kappa shape index (κ2) is 14.7. The van der Waals surface area contributed by atoms with Gasteiger partial charge in [-0.15, -0.1) is 0 Å². The van der Waals surface area contributed by atoms with E-state index in [-0.39, 0.29) is 28.7 Å². The van der Waals surface area contributed by atoms with Gasteiger partial charge in [0.25, 0.3) is 0 Å². The Morgan fingerprint density at radius 3 is 2.05 bits per heavy atom. The molecule has 0 unspecified atom stereocenters. The van der Waals surface area contributed by atoms with Crippen molar-refractivity contribution in [3.05, 3.63) is 53.6 Å². The highest BCUT2D eigenvalue weighted by molar-refractivity contribution is 5.65. The molecule has 5 rings (SSSR count). The van der Waals surface area contributed by atoms with E-state index >= 15 is 8.78 Å². The molecular formula is C35H45F5O3. The van der Waals surface area contributed by atoms with Crippen LogP contribution in [0.2, 0.25) is 0 Å². The van der Waals surface area contributed by atoms with Gasteiger partial charge in [0, 0.05) is 29.0 Å². The van der Waals surface area contributed by atoms with Gasteiger partial charge in [-0.2, -0.15) is 8.78 Å². The molecule has 1 saturated heterocycles. The molecule has 0 amide bonds. The van der Waals surface area contributed by atoms with Gasteiger partial charge in [0.05, 0.1) is 19.1 Å². The number of hydrogen-bond donors (Lipinski definition) is 0. The maximum absolute atomic E-state index is 15.2. The minimum Gasteiger partial charge on any atom is -0.432 e. The minimum atomic E-state index is -3.42. The van der Waals surface area contributed by atoms with E-state index in [1.807, 2.05) is 0 Å². The van der Waals surface area contributed by atoms with Crippen molar-refractivity contribution < 1.29 is 36.2 Å². The van der Waals surface area contributed by atoms with Crippen molar-refractivity contribution in [1.82, 2.24) is 0 Å². The first-order valence-corrected chi connectivity index (χ1v) is 16.2. The molecule has 8 heteroatoms. The molecule has 2 aromatic rings. The predicted molar refractivity (Wildman–Crippen MR) is 156 cm³/mol. The second-order valence-electron chi connectivity index (χ2n) is 12.9. The summed E-state index contributed by atoms with van der Waals surface area (Å²) in [5.41, 5.74) is 0.104. The lowest BCUT2D eigenvalue weighted by Gasteiger charge is -2.41. The fraction of sp³-hybridized carbons (Fsp3) is 0.657. The van der Waals surface area contributed by atoms with Gasteiger partial charge in [-0.05, 0) is 93.4 Å². The molecule has 2 saturated carbocycles. The second-order valence-corrected chi connectivity index (χ2v) is 12.9. The van der Waals surface area contributed by atoms with Crippen LogP contribution < -0.4 is 4.74 Å². The van der Waals surface area contributed by atoms with E-state index in [0.29, 0.717) is 36.5 Å². The number of rotatable bonds is 11. The first-order chi connectivity index (χ1) is 20.8. The Labute approximate surface area is 252 Å². The van der Waals surface area contributed by atoms with E-state index in [1.54, 1.807) is 0 Å². The van der Waals surface area contributed by atoms with Crippen molar-refractivity contribution in [3.63, 3.8) is 0 Å². The van der Waals surface area contributed by atoms with E-state index in [4.69, 9.17) is 14.2 Å². The lowest BCUT2D eigenvalue weighted by atomic mass is 9.69. The molecule has 1 aliphatic heterocycles. The average molecular weight is 609 g/mol. The van der Waals surface area contributed by atoms with Crippen molar-refractivity contribution in [1.29, 1.82) is 0 Å². The molecule has 0 radical (unpaired) electrons. The Morgan fingerprint density at radius 2 is 1.44 bits per heavy atom. The highest BCUT2D eigenvalue weighted by Crippen LogP contribution is 2.46. The van der Waals surface area contributed by atoms with Gasteiger partial charge in [-0.25, -0.2) is 13.2 Å². The Morgan fingerprint density at radius 1 is 0.791 bits per heavy atom. The van der Waals surface area contributed by atoms with Crippen LogP contribution in [-0.4, -0.2) is 25.6 Å². The summed E-state index contributed by atoms with van der Waals surface area (Å²) in [6.07, 6.45) is 7.87. The summed E-state index contributed by atoms with van der Waals surface area (Å²) < 4.78 is 89.2. The topological polar surface area (TPSA) is 27.7 Å². The Balaban J connectivity index is 1.06. The first kappa shape index (κ1) is 32.2. The van der Waals surface area contributed by atoms with E-state index in [0.717, 1.165) is 63.9 Å². The first-order valence-electron chi connectivity index (χ1n) is 16.2. The van der Waals surface area contributed by atoms with E-state index in [2.05, 4.69) is 6.92 Å². The third kappa shape index (κ3) is 8.10. The quantitative estimate of drug-likeness (QED) is 0.188. The zero-order valence-electron chi connectivity index (χ0n) is 25.1. The van der Waals surface area contributed by atoms with Gasteiger partial charge in [0.1, 0.15) is 24.1 Å². The van der Waals surface area contributed by atoms with Crippen molar-refractivity contribution >= 4 is 0 Å². The molecule has 0 bridgehead atoms. The van der Waals surface area contributed by atoms with Crippen molar-refractivity contribution in [2.45, 2.75) is 103 Å². The number of unbranched alkanes of at least 4 members (excludes halogenated alkanes) is 2. The summed E-state index contributed by atoms with van der Waals surface area (Å²) in [7, 11) is 0. The summed E-state index contributed by atoms with van der Waals surface area (Å²) >= 11 is 0. The lowest BCUT2D eigenvalue weighted by Crippen LogP contribution is -2.40. The van der Waals surface area contributed by atoms with Crippen LogP contribution in [-0.2, 0) is 16.1 Å². The van der Waals surface area contributed by atoms with E-state index in [1.165, 1.54) is 49.9 Å². The van der Waals surface area contributed by atoms with Crippen LogP contribution >= 0.6 is 0 Å². The van der Waals surface area contributed by atoms with Gasteiger partial charge in [0.15, 0.2) is 6.29 Å². The molecule has 0 atom stereocenters. The summed E-state index contributed by atoms with van der Waals surface area (Å²) in [5, 5.41) is 0. The molecule has 238 valence electrons. The van der Waals surface area contributed by atoms with Crippen molar-refractivity contribution in [3.8, 4) is 16.9 Å². The van der Waals surface area contributed by atoms with Gasteiger partial charge in [0.2, 0.25) is 0 Å². The molecule has 3 aliphatic rings. The normalized spacial score (nSPS) is 28.5. The maximum Gasteiger partial charge on any atom is 0.400 e. The molecule has 0 N–H and O–H groups in total. The van der Waals surface area contributed by atoms with Crippen LogP contribution in [0, 0.1) is 41.2 Å². The molecular weight excluding hydrogens is 563 g/mol. The van der Waals surface area contributed by atoms with Crippen LogP contribution in [0.15, 0.2) is 36.4 Å². The van der Waals surface area contributed by atoms with Crippen molar-refractivity contribution in [2.24, 2.45) is 29.6 Å². The fourth-order valence-corrected chi connectivity index (χ4v) is 7.35. The number of benzene rings is 2. The third-order valence-corrected chi connectivity index (χ3v) is 10.0. The molecule has 2 aromatic carbocycles. The van der Waals surface area contributed by atoms with E-state index in [9.17, 15) is 13.2 Å². The Kier molecular flexibility index (Phi) is 11.0. The van der Waals surface area contributed by atoms with Gasteiger partial charge >= 0.3 is 6.11 Å². The highest BCUT2D eigenvalue weighted by Gasteiger charge is 2.45. The SMILES string of the molecule is CCCCCC1COC(C2CCC(C3CCC(C(F)(F)Oc4ccc(-c5ccc(CF)c(F)c5)c(F)c4)CC3)CC2)OC1. The van der Waals surface area contributed by atoms with Crippen LogP contribution in [0.25, 0.3) is 11.1 Å². The Bertz CT molecular complexity index is 1170. The molecule has 43 heavy (non-hydrogen) atoms. The van der Waals surface area contributed by atoms with Crippen molar-refractivity contribution in [2.75, 3.05) is 13.2 Å². The minimum absolute atomic E-state index is 0.0309. The number of halogens is 5. The summed E-state index contributed by atoms with van der Waals surface area (Å²) in [4.78, 5) is 0. The molecule has 3 nitrogen and oxygen atoms in total. The number of alkyl halides is 3. The molecule has 1 heterocycles. The zero-order valence-corrected chi connectivity index (χ0v) is 25.1.